The Kier molecular flexibility index (Phi) is 5.69. The summed E-state index contributed by atoms with van der Waals surface area (Å²) >= 11 is 0. The second-order valence-corrected chi connectivity index (χ2v) is 8.05. The van der Waals surface area contributed by atoms with Gasteiger partial charge in [-0.3, -0.25) is 4.68 Å². The molecule has 3 heterocycles. The van der Waals surface area contributed by atoms with E-state index >= 15 is 0 Å². The molecular weight excluding hydrogens is 380 g/mol. The zero-order chi connectivity index (χ0) is 21.3. The van der Waals surface area contributed by atoms with Crippen LogP contribution in [0.4, 0.5) is 5.82 Å². The monoisotopic (exact) mass is 408 g/mol. The van der Waals surface area contributed by atoms with Crippen molar-refractivity contribution in [3.63, 3.8) is 0 Å². The van der Waals surface area contributed by atoms with Crippen LogP contribution < -0.4 is 10.5 Å². The van der Waals surface area contributed by atoms with E-state index in [1.54, 1.807) is 19.3 Å². The quantitative estimate of drug-likeness (QED) is 0.667. The first kappa shape index (κ1) is 20.3. The number of aliphatic hydroxyl groups is 1. The van der Waals surface area contributed by atoms with E-state index in [1.807, 2.05) is 36.0 Å². The van der Waals surface area contributed by atoms with Crippen molar-refractivity contribution >= 4 is 5.82 Å². The Morgan fingerprint density at radius 2 is 1.97 bits per heavy atom. The summed E-state index contributed by atoms with van der Waals surface area (Å²) < 4.78 is 7.89. The van der Waals surface area contributed by atoms with E-state index in [4.69, 9.17) is 10.5 Å². The molecule has 1 atom stereocenters. The van der Waals surface area contributed by atoms with E-state index in [0.717, 1.165) is 42.6 Å². The minimum absolute atomic E-state index is 0.217. The number of rotatable bonds is 5. The molecular formula is C22H28N6O2. The maximum absolute atomic E-state index is 9.94. The summed E-state index contributed by atoms with van der Waals surface area (Å²) in [5, 5.41) is 14.4. The van der Waals surface area contributed by atoms with Crippen molar-refractivity contribution in [2.24, 2.45) is 0 Å². The van der Waals surface area contributed by atoms with E-state index in [9.17, 15) is 5.11 Å². The van der Waals surface area contributed by atoms with Crippen molar-refractivity contribution in [3.05, 3.63) is 47.9 Å². The van der Waals surface area contributed by atoms with E-state index in [-0.39, 0.29) is 11.7 Å². The molecule has 0 aliphatic carbocycles. The van der Waals surface area contributed by atoms with Gasteiger partial charge in [0.25, 0.3) is 5.88 Å². The second-order valence-electron chi connectivity index (χ2n) is 8.05. The topological polar surface area (TPSA) is 102 Å². The van der Waals surface area contributed by atoms with Gasteiger partial charge in [0, 0.05) is 5.56 Å². The molecule has 1 aliphatic heterocycles. The number of ether oxygens (including phenoxy) is 1. The average molecular weight is 409 g/mol. The minimum Gasteiger partial charge on any atom is -0.433 e. The maximum atomic E-state index is 9.94. The minimum atomic E-state index is -0.563. The third kappa shape index (κ3) is 4.44. The number of anilines is 1. The van der Waals surface area contributed by atoms with Crippen LogP contribution in [0.3, 0.4) is 0 Å². The Bertz CT molecular complexity index is 1020. The Labute approximate surface area is 176 Å². The van der Waals surface area contributed by atoms with Crippen LogP contribution in [0.5, 0.6) is 11.6 Å². The fourth-order valence-corrected chi connectivity index (χ4v) is 3.74. The Hall–Kier alpha value is -2.97. The molecule has 4 rings (SSSR count). The number of aromatic nitrogens is 4. The summed E-state index contributed by atoms with van der Waals surface area (Å²) in [5.41, 5.74) is 9.36. The van der Waals surface area contributed by atoms with E-state index in [1.165, 1.54) is 0 Å². The molecule has 158 valence electrons. The maximum Gasteiger partial charge on any atom is 0.263 e. The van der Waals surface area contributed by atoms with Gasteiger partial charge in [-0.15, -0.1) is 0 Å². The van der Waals surface area contributed by atoms with Gasteiger partial charge in [-0.25, -0.2) is 9.97 Å². The molecule has 2 aromatic heterocycles. The molecule has 1 unspecified atom stereocenters. The Morgan fingerprint density at radius 1 is 1.20 bits per heavy atom. The number of piperidine rings is 1. The zero-order valence-corrected chi connectivity index (χ0v) is 17.6. The number of hydrogen-bond acceptors (Lipinski definition) is 7. The molecule has 1 aliphatic rings. The highest BCUT2D eigenvalue weighted by molar-refractivity contribution is 5.63. The number of hydrogen-bond donors (Lipinski definition) is 2. The third-order valence-electron chi connectivity index (χ3n) is 5.50. The predicted octanol–water partition coefficient (Wildman–Crippen LogP) is 3.34. The van der Waals surface area contributed by atoms with E-state index in [2.05, 4.69) is 27.0 Å². The molecule has 1 fully saturated rings. The molecule has 1 saturated heterocycles. The molecule has 8 heteroatoms. The SMILES string of the molecule is Cc1cc(-c2cnc(N)c(Oc3cnn(C4CCN(C)CC4)c3)n2)cc(C(C)O)c1. The number of likely N-dealkylation sites (tertiary alicyclic amines) is 1. The standard InChI is InChI=1S/C22H28N6O2/c1-14-8-16(15(2)29)10-17(9-14)20-12-24-21(23)22(26-20)30-19-11-25-28(13-19)18-4-6-27(3)7-5-18/h8-13,15,18,29H,4-7H2,1-3H3,(H2,23,24). The van der Waals surface area contributed by atoms with Crippen LogP contribution in [0, 0.1) is 6.92 Å². The molecule has 3 N–H and O–H groups in total. The van der Waals surface area contributed by atoms with Crippen molar-refractivity contribution < 1.29 is 9.84 Å². The lowest BCUT2D eigenvalue weighted by Crippen LogP contribution is -2.31. The number of aliphatic hydroxyl groups excluding tert-OH is 1. The Morgan fingerprint density at radius 3 is 2.70 bits per heavy atom. The molecule has 8 nitrogen and oxygen atoms in total. The molecule has 0 saturated carbocycles. The summed E-state index contributed by atoms with van der Waals surface area (Å²) in [7, 11) is 2.14. The molecule has 0 bridgehead atoms. The molecule has 3 aromatic rings. The fraction of sp³-hybridized carbons (Fsp3) is 0.409. The van der Waals surface area contributed by atoms with Crippen LogP contribution in [-0.4, -0.2) is 49.9 Å². The lowest BCUT2D eigenvalue weighted by Gasteiger charge is -2.28. The van der Waals surface area contributed by atoms with Gasteiger partial charge in [0.2, 0.25) is 0 Å². The highest BCUT2D eigenvalue weighted by Gasteiger charge is 2.20. The van der Waals surface area contributed by atoms with E-state index < -0.39 is 6.10 Å². The van der Waals surface area contributed by atoms with Gasteiger partial charge >= 0.3 is 0 Å². The number of nitrogens with zero attached hydrogens (tertiary/aromatic N) is 5. The first-order valence-corrected chi connectivity index (χ1v) is 10.2. The second kappa shape index (κ2) is 8.41. The van der Waals surface area contributed by atoms with Crippen molar-refractivity contribution in [2.45, 2.75) is 38.8 Å². The Balaban J connectivity index is 1.56. The number of nitrogen functional groups attached to an aromatic ring is 1. The third-order valence-corrected chi connectivity index (χ3v) is 5.50. The van der Waals surface area contributed by atoms with Gasteiger partial charge in [0.1, 0.15) is 0 Å². The summed E-state index contributed by atoms with van der Waals surface area (Å²) in [6.45, 7) is 5.84. The first-order chi connectivity index (χ1) is 14.4. The van der Waals surface area contributed by atoms with Crippen LogP contribution >= 0.6 is 0 Å². The van der Waals surface area contributed by atoms with E-state index in [0.29, 0.717) is 17.5 Å². The number of aryl methyl sites for hydroxylation is 1. The number of nitrogens with two attached hydrogens (primary N) is 1. The van der Waals surface area contributed by atoms with Gasteiger partial charge in [0.05, 0.1) is 36.4 Å². The van der Waals surface area contributed by atoms with Crippen molar-refractivity contribution in [3.8, 4) is 22.9 Å². The largest absolute Gasteiger partial charge is 0.433 e. The van der Waals surface area contributed by atoms with Gasteiger partial charge in [-0.1, -0.05) is 11.6 Å². The molecule has 30 heavy (non-hydrogen) atoms. The van der Waals surface area contributed by atoms with Crippen LogP contribution in [0.25, 0.3) is 11.3 Å². The first-order valence-electron chi connectivity index (χ1n) is 10.2. The zero-order valence-electron chi connectivity index (χ0n) is 17.6. The fourth-order valence-electron chi connectivity index (χ4n) is 3.74. The lowest BCUT2D eigenvalue weighted by molar-refractivity contribution is 0.199. The predicted molar refractivity (Wildman–Crippen MR) is 115 cm³/mol. The summed E-state index contributed by atoms with van der Waals surface area (Å²) in [6.07, 6.45) is 6.76. The molecule has 1 aromatic carbocycles. The number of benzene rings is 1. The summed E-state index contributed by atoms with van der Waals surface area (Å²) in [6, 6.07) is 6.22. The van der Waals surface area contributed by atoms with Crippen molar-refractivity contribution in [1.29, 1.82) is 0 Å². The summed E-state index contributed by atoms with van der Waals surface area (Å²) in [4.78, 5) is 11.2. The van der Waals surface area contributed by atoms with Gasteiger partial charge in [0.15, 0.2) is 11.6 Å². The van der Waals surface area contributed by atoms with Crippen LogP contribution in [0.1, 0.15) is 43.0 Å². The van der Waals surface area contributed by atoms with Crippen molar-refractivity contribution in [1.82, 2.24) is 24.6 Å². The highest BCUT2D eigenvalue weighted by Crippen LogP contribution is 2.30. The van der Waals surface area contributed by atoms with Gasteiger partial charge in [-0.2, -0.15) is 5.10 Å². The summed E-state index contributed by atoms with van der Waals surface area (Å²) in [5.74, 6) is 1.05. The smallest absolute Gasteiger partial charge is 0.263 e. The van der Waals surface area contributed by atoms with Crippen LogP contribution in [-0.2, 0) is 0 Å². The lowest BCUT2D eigenvalue weighted by atomic mass is 10.0. The van der Waals surface area contributed by atoms with Crippen LogP contribution in [0.2, 0.25) is 0 Å². The van der Waals surface area contributed by atoms with Gasteiger partial charge < -0.3 is 20.5 Å². The highest BCUT2D eigenvalue weighted by atomic mass is 16.5. The average Bonchev–Trinajstić information content (AvgIpc) is 3.18. The molecule has 0 amide bonds. The molecule has 0 spiro atoms. The normalized spacial score (nSPS) is 16.5. The van der Waals surface area contributed by atoms with Gasteiger partial charge in [-0.05, 0) is 64.5 Å². The van der Waals surface area contributed by atoms with Crippen molar-refractivity contribution in [2.75, 3.05) is 25.9 Å². The van der Waals surface area contributed by atoms with Crippen LogP contribution in [0.15, 0.2) is 36.8 Å². The molecule has 0 radical (unpaired) electrons.